The zero-order valence-electron chi connectivity index (χ0n) is 18.3. The number of ether oxygens (including phenoxy) is 2. The Bertz CT molecular complexity index is 1140. The van der Waals surface area contributed by atoms with Crippen LogP contribution in [0.1, 0.15) is 15.9 Å². The molecule has 0 N–H and O–H groups in total. The number of rotatable bonds is 5. The first-order chi connectivity index (χ1) is 15.9. The lowest BCUT2D eigenvalue weighted by Gasteiger charge is -2.08. The number of carbonyl (C=O) groups excluding carboxylic acids is 1. The largest absolute Gasteiger partial charge is 0.741 e. The Labute approximate surface area is 198 Å². The van der Waals surface area contributed by atoms with Gasteiger partial charge in [-0.05, 0) is 67.6 Å². The molecule has 0 saturated carbocycles. The van der Waals surface area contributed by atoms with Crippen molar-refractivity contribution in [1.82, 2.24) is 0 Å². The van der Waals surface area contributed by atoms with Gasteiger partial charge in [-0.1, -0.05) is 17.7 Å². The Balaban J connectivity index is 0.000000440. The molecule has 0 fully saturated rings. The topological polar surface area (TPSA) is 92.7 Å². The average molecular weight is 515 g/mol. The second-order valence-corrected chi connectivity index (χ2v) is 10.0. The van der Waals surface area contributed by atoms with Gasteiger partial charge in [0.05, 0.1) is 19.8 Å². The van der Waals surface area contributed by atoms with Gasteiger partial charge in [0.2, 0.25) is 0 Å². The molecule has 0 spiro atoms. The van der Waals surface area contributed by atoms with Gasteiger partial charge in [0.1, 0.15) is 22.4 Å². The SMILES string of the molecule is COc1ccc([S+](C(=O)c2ccc(C)cc2)c2ccc(OC)cc2)cc1.O=S(=O)([O-])C(F)(F)F. The molecule has 0 saturated heterocycles. The summed E-state index contributed by atoms with van der Waals surface area (Å²) in [5.41, 5.74) is -3.80. The first-order valence-corrected chi connectivity index (χ1v) is 12.2. The van der Waals surface area contributed by atoms with Crippen molar-refractivity contribution >= 4 is 26.1 Å². The van der Waals surface area contributed by atoms with Crippen LogP contribution in [0.4, 0.5) is 13.2 Å². The minimum Gasteiger partial charge on any atom is -0.741 e. The van der Waals surface area contributed by atoms with Crippen LogP contribution in [0, 0.1) is 6.92 Å². The Morgan fingerprint density at radius 2 is 1.15 bits per heavy atom. The molecule has 3 aromatic carbocycles. The van der Waals surface area contributed by atoms with Gasteiger partial charge in [0, 0.05) is 0 Å². The van der Waals surface area contributed by atoms with Gasteiger partial charge in [0.25, 0.3) is 0 Å². The predicted molar refractivity (Wildman–Crippen MR) is 121 cm³/mol. The van der Waals surface area contributed by atoms with Crippen molar-refractivity contribution in [2.45, 2.75) is 22.2 Å². The fraction of sp³-hybridized carbons (Fsp3) is 0.174. The van der Waals surface area contributed by atoms with Gasteiger partial charge in [-0.15, -0.1) is 0 Å². The molecule has 3 aromatic rings. The quantitative estimate of drug-likeness (QED) is 0.272. The summed E-state index contributed by atoms with van der Waals surface area (Å²) in [6, 6.07) is 23.1. The van der Waals surface area contributed by atoms with E-state index in [1.54, 1.807) is 14.2 Å². The smallest absolute Gasteiger partial charge is 0.485 e. The van der Waals surface area contributed by atoms with Crippen LogP contribution in [-0.4, -0.2) is 37.8 Å². The minimum atomic E-state index is -6.09. The van der Waals surface area contributed by atoms with Crippen LogP contribution in [-0.2, 0) is 21.0 Å². The molecular weight excluding hydrogens is 493 g/mol. The molecule has 3 rings (SSSR count). The lowest BCUT2D eigenvalue weighted by atomic mass is 10.2. The van der Waals surface area contributed by atoms with E-state index in [4.69, 9.17) is 22.4 Å². The maximum absolute atomic E-state index is 13.3. The number of benzene rings is 3. The van der Waals surface area contributed by atoms with Gasteiger partial charge in [-0.2, -0.15) is 13.2 Å². The molecule has 182 valence electrons. The molecule has 0 aliphatic carbocycles. The normalized spacial score (nSPS) is 11.4. The summed E-state index contributed by atoms with van der Waals surface area (Å²) in [4.78, 5) is 15.2. The van der Waals surface area contributed by atoms with Crippen LogP contribution in [0.25, 0.3) is 0 Å². The van der Waals surface area contributed by atoms with Crippen LogP contribution in [0.15, 0.2) is 82.6 Å². The first kappa shape index (κ1) is 27.2. The van der Waals surface area contributed by atoms with Crippen LogP contribution < -0.4 is 9.47 Å². The molecule has 0 amide bonds. The molecule has 6 nitrogen and oxygen atoms in total. The number of carbonyl (C=O) groups is 1. The summed E-state index contributed by atoms with van der Waals surface area (Å²) in [7, 11) is -3.55. The second-order valence-electron chi connectivity index (χ2n) is 6.71. The maximum Gasteiger partial charge on any atom is 0.485 e. The molecule has 0 aliphatic rings. The third-order valence-corrected chi connectivity index (χ3v) is 7.01. The Hall–Kier alpha value is -3.02. The van der Waals surface area contributed by atoms with Crippen molar-refractivity contribution in [3.05, 3.63) is 83.9 Å². The minimum absolute atomic E-state index is 0.0975. The molecular formula is C23H21F3O6S2. The summed E-state index contributed by atoms with van der Waals surface area (Å²) in [6.07, 6.45) is 0. The summed E-state index contributed by atoms with van der Waals surface area (Å²) in [6.45, 7) is 2.01. The molecule has 0 atom stereocenters. The van der Waals surface area contributed by atoms with Crippen LogP contribution >= 0.6 is 0 Å². The third kappa shape index (κ3) is 7.24. The van der Waals surface area contributed by atoms with Crippen molar-refractivity contribution in [2.24, 2.45) is 0 Å². The number of methoxy groups -OCH3 is 2. The summed E-state index contributed by atoms with van der Waals surface area (Å²) < 4.78 is 69.4. The summed E-state index contributed by atoms with van der Waals surface area (Å²) >= 11 is 0. The van der Waals surface area contributed by atoms with Crippen LogP contribution in [0.5, 0.6) is 11.5 Å². The monoisotopic (exact) mass is 514 g/mol. The van der Waals surface area contributed by atoms with Gasteiger partial charge in [-0.25, -0.2) is 13.2 Å². The standard InChI is InChI=1S/C22H21O3S.CHF3O3S/c1-16-4-6-17(7-5-16)22(23)26(20-12-8-18(24-2)9-13-20)21-14-10-19(25-3)11-15-21;2-1(3,4)8(5,6)7/h4-15H,1-3H3;(H,5,6,7)/q+1;/p-1. The zero-order chi connectivity index (χ0) is 25.5. The van der Waals surface area contributed by atoms with E-state index in [0.717, 1.165) is 26.9 Å². The highest BCUT2D eigenvalue weighted by Gasteiger charge is 2.37. The van der Waals surface area contributed by atoms with Gasteiger partial charge < -0.3 is 14.0 Å². The molecule has 0 radical (unpaired) electrons. The van der Waals surface area contributed by atoms with Gasteiger partial charge in [-0.3, -0.25) is 0 Å². The maximum atomic E-state index is 13.3. The van der Waals surface area contributed by atoms with Crippen molar-refractivity contribution in [1.29, 1.82) is 0 Å². The Morgan fingerprint density at radius 1 is 0.794 bits per heavy atom. The van der Waals surface area contributed by atoms with Gasteiger partial charge in [0.15, 0.2) is 19.9 Å². The predicted octanol–water partition coefficient (Wildman–Crippen LogP) is 4.94. The molecule has 34 heavy (non-hydrogen) atoms. The Kier molecular flexibility index (Phi) is 9.14. The van der Waals surface area contributed by atoms with Crippen LogP contribution in [0.3, 0.4) is 0 Å². The molecule has 0 unspecified atom stereocenters. The van der Waals surface area contributed by atoms with E-state index >= 15 is 0 Å². The first-order valence-electron chi connectivity index (χ1n) is 9.53. The lowest BCUT2D eigenvalue weighted by molar-refractivity contribution is -0.0517. The molecule has 0 heterocycles. The van der Waals surface area contributed by atoms with E-state index in [-0.39, 0.29) is 5.12 Å². The molecule has 11 heteroatoms. The average Bonchev–Trinajstić information content (AvgIpc) is 2.79. The fourth-order valence-corrected chi connectivity index (χ4v) is 4.47. The lowest BCUT2D eigenvalue weighted by Crippen LogP contribution is -2.21. The van der Waals surface area contributed by atoms with E-state index in [0.29, 0.717) is 5.56 Å². The van der Waals surface area contributed by atoms with Crippen molar-refractivity contribution in [3.8, 4) is 11.5 Å². The van der Waals surface area contributed by atoms with E-state index in [1.165, 1.54) is 0 Å². The summed E-state index contributed by atoms with van der Waals surface area (Å²) in [5.74, 6) is 1.55. The molecule has 0 bridgehead atoms. The number of aryl methyl sites for hydroxylation is 1. The highest BCUT2D eigenvalue weighted by Crippen LogP contribution is 2.30. The number of hydrogen-bond acceptors (Lipinski definition) is 6. The van der Waals surface area contributed by atoms with Gasteiger partial charge >= 0.3 is 10.6 Å². The number of halogens is 3. The zero-order valence-corrected chi connectivity index (χ0v) is 20.0. The summed E-state index contributed by atoms with van der Waals surface area (Å²) in [5, 5.41) is 0.0975. The fourth-order valence-electron chi connectivity index (χ4n) is 2.58. The highest BCUT2D eigenvalue weighted by molar-refractivity contribution is 8.11. The molecule has 0 aliphatic heterocycles. The van der Waals surface area contributed by atoms with E-state index in [9.17, 15) is 18.0 Å². The van der Waals surface area contributed by atoms with E-state index in [1.807, 2.05) is 79.7 Å². The van der Waals surface area contributed by atoms with Crippen LogP contribution in [0.2, 0.25) is 0 Å². The van der Waals surface area contributed by atoms with Crippen molar-refractivity contribution in [2.75, 3.05) is 14.2 Å². The number of alkyl halides is 3. The van der Waals surface area contributed by atoms with E-state index in [2.05, 4.69) is 0 Å². The molecule has 0 aromatic heterocycles. The highest BCUT2D eigenvalue weighted by atomic mass is 32.2. The van der Waals surface area contributed by atoms with Crippen molar-refractivity contribution in [3.63, 3.8) is 0 Å². The number of hydrogen-bond donors (Lipinski definition) is 0. The van der Waals surface area contributed by atoms with Crippen molar-refractivity contribution < 1.29 is 40.4 Å². The van der Waals surface area contributed by atoms with E-state index < -0.39 is 26.5 Å². The second kappa shape index (κ2) is 11.4. The third-order valence-electron chi connectivity index (χ3n) is 4.35. The Morgan fingerprint density at radius 3 is 1.44 bits per heavy atom.